The Kier molecular flexibility index (Phi) is 7.06. The molecule has 1 fully saturated rings. The zero-order valence-corrected chi connectivity index (χ0v) is 19.8. The molecule has 0 radical (unpaired) electrons. The number of aromatic nitrogens is 2. The molecule has 1 aliphatic carbocycles. The first-order chi connectivity index (χ1) is 18.1. The molecule has 0 spiro atoms. The zero-order chi connectivity index (χ0) is 28.9. The maximum atomic E-state index is 14.0. The molecule has 1 amide bonds. The van der Waals surface area contributed by atoms with Crippen molar-refractivity contribution in [2.24, 2.45) is 0 Å². The van der Waals surface area contributed by atoms with Crippen LogP contribution in [0.15, 0.2) is 53.6 Å². The third-order valence-corrected chi connectivity index (χ3v) is 6.15. The Morgan fingerprint density at radius 2 is 1.64 bits per heavy atom. The summed E-state index contributed by atoms with van der Waals surface area (Å²) >= 11 is 0. The van der Waals surface area contributed by atoms with E-state index in [2.05, 4.69) is 0 Å². The van der Waals surface area contributed by atoms with Gasteiger partial charge in [-0.1, -0.05) is 0 Å². The second-order valence-corrected chi connectivity index (χ2v) is 8.64. The number of imidazole rings is 1. The fraction of sp³-hybridized carbons (Fsp3) is 0.292. The average molecular weight is 561 g/mol. The fourth-order valence-corrected chi connectivity index (χ4v) is 4.11. The smallest absolute Gasteiger partial charge is 0.407 e. The van der Waals surface area contributed by atoms with Crippen molar-refractivity contribution in [1.29, 1.82) is 0 Å². The van der Waals surface area contributed by atoms with Crippen molar-refractivity contribution >= 4 is 17.6 Å². The molecule has 8 nitrogen and oxygen atoms in total. The zero-order valence-electron chi connectivity index (χ0n) is 19.8. The first kappa shape index (κ1) is 27.9. The molecule has 208 valence electrons. The molecule has 2 atom stereocenters. The van der Waals surface area contributed by atoms with Crippen molar-refractivity contribution < 1.29 is 50.2 Å². The molecule has 39 heavy (non-hydrogen) atoms. The van der Waals surface area contributed by atoms with Gasteiger partial charge in [-0.2, -0.15) is 26.3 Å². The predicted molar refractivity (Wildman–Crippen MR) is 120 cm³/mol. The number of carbonyl (C=O) groups excluding carboxylic acids is 2. The lowest BCUT2D eigenvalue weighted by Crippen LogP contribution is -2.32. The van der Waals surface area contributed by atoms with Crippen LogP contribution in [0.5, 0.6) is 5.75 Å². The Morgan fingerprint density at radius 3 is 2.18 bits per heavy atom. The summed E-state index contributed by atoms with van der Waals surface area (Å²) in [4.78, 5) is 38.8. The highest BCUT2D eigenvalue weighted by Gasteiger charge is 2.42. The molecule has 3 aromatic rings. The Bertz CT molecular complexity index is 1480. The van der Waals surface area contributed by atoms with Crippen LogP contribution in [0, 0.1) is 5.82 Å². The Labute approximate surface area is 214 Å². The number of ketones is 1. The van der Waals surface area contributed by atoms with Gasteiger partial charge in [-0.15, -0.1) is 0 Å². The van der Waals surface area contributed by atoms with Gasteiger partial charge in [0.05, 0.1) is 17.3 Å². The Balaban J connectivity index is 1.88. The number of hydrogen-bond donors (Lipinski definition) is 1. The first-order valence-corrected chi connectivity index (χ1v) is 11.1. The summed E-state index contributed by atoms with van der Waals surface area (Å²) in [6.45, 7) is 0. The van der Waals surface area contributed by atoms with Gasteiger partial charge in [0.15, 0.2) is 11.5 Å². The van der Waals surface area contributed by atoms with E-state index in [0.29, 0.717) is 9.47 Å². The summed E-state index contributed by atoms with van der Waals surface area (Å²) in [5.41, 5.74) is -6.10. The van der Waals surface area contributed by atoms with Crippen LogP contribution in [0.1, 0.15) is 30.0 Å². The molecule has 0 aliphatic heterocycles. The number of Topliss-reactive ketones (excluding diaryl/α,β-unsaturated/α-hetero) is 1. The van der Waals surface area contributed by atoms with Crippen molar-refractivity contribution in [2.45, 2.75) is 37.3 Å². The SMILES string of the molecule is CN(C(=O)Oc1c(-n2ccn(C3CCC(O)C3=O)c2=O)cc(C(F)(F)F)cc1C(F)(F)F)c1ccc(F)cc1. The largest absolute Gasteiger partial charge is 0.420 e. The van der Waals surface area contributed by atoms with E-state index in [1.807, 2.05) is 0 Å². The van der Waals surface area contributed by atoms with Crippen molar-refractivity contribution in [1.82, 2.24) is 9.13 Å². The quantitative estimate of drug-likeness (QED) is 0.466. The van der Waals surface area contributed by atoms with Crippen LogP contribution >= 0.6 is 0 Å². The number of anilines is 1. The number of benzene rings is 2. The summed E-state index contributed by atoms with van der Waals surface area (Å²) in [7, 11) is 1.06. The van der Waals surface area contributed by atoms with Gasteiger partial charge < -0.3 is 9.84 Å². The van der Waals surface area contributed by atoms with Crippen LogP contribution in [-0.2, 0) is 17.1 Å². The van der Waals surface area contributed by atoms with Crippen molar-refractivity contribution in [3.8, 4) is 11.4 Å². The summed E-state index contributed by atoms with van der Waals surface area (Å²) in [5.74, 6) is -2.84. The highest BCUT2D eigenvalue weighted by atomic mass is 19.4. The molecular formula is C24H18F7N3O5. The number of rotatable bonds is 4. The van der Waals surface area contributed by atoms with Gasteiger partial charge in [-0.05, 0) is 49.2 Å². The fourth-order valence-electron chi connectivity index (χ4n) is 4.11. The molecule has 0 bridgehead atoms. The lowest BCUT2D eigenvalue weighted by molar-refractivity contribution is -0.143. The lowest BCUT2D eigenvalue weighted by atomic mass is 10.1. The first-order valence-electron chi connectivity index (χ1n) is 11.1. The number of ether oxygens (including phenoxy) is 1. The summed E-state index contributed by atoms with van der Waals surface area (Å²) < 4.78 is 102. The van der Waals surface area contributed by atoms with E-state index in [4.69, 9.17) is 4.74 Å². The normalized spacial score (nSPS) is 17.9. The van der Waals surface area contributed by atoms with E-state index in [1.165, 1.54) is 0 Å². The van der Waals surface area contributed by atoms with Crippen molar-refractivity contribution in [3.63, 3.8) is 0 Å². The van der Waals surface area contributed by atoms with E-state index in [1.54, 1.807) is 0 Å². The van der Waals surface area contributed by atoms with E-state index < -0.39 is 70.4 Å². The number of amides is 1. The Morgan fingerprint density at radius 1 is 1.00 bits per heavy atom. The van der Waals surface area contributed by atoms with Crippen LogP contribution in [0.3, 0.4) is 0 Å². The minimum absolute atomic E-state index is 0.00147. The van der Waals surface area contributed by atoms with Gasteiger partial charge in [0, 0.05) is 25.1 Å². The highest BCUT2D eigenvalue weighted by Crippen LogP contribution is 2.44. The number of carbonyl (C=O) groups is 2. The van der Waals surface area contributed by atoms with Crippen molar-refractivity contribution in [2.75, 3.05) is 11.9 Å². The standard InChI is InChI=1S/C24H18F7N3O5/c1-32(14-4-2-13(25)3-5-14)22(38)39-20-15(24(29,30)31)10-12(23(26,27)28)11-17(20)34-9-8-33(21(34)37)16-6-7-18(35)19(16)36/h2-5,8-11,16,18,35H,6-7H2,1H3. The van der Waals surface area contributed by atoms with E-state index >= 15 is 0 Å². The number of nitrogens with zero attached hydrogens (tertiary/aromatic N) is 3. The van der Waals surface area contributed by atoms with Gasteiger partial charge in [0.2, 0.25) is 0 Å². The van der Waals surface area contributed by atoms with Crippen LogP contribution in [0.4, 0.5) is 41.2 Å². The molecule has 1 saturated carbocycles. The predicted octanol–water partition coefficient (Wildman–Crippen LogP) is 4.72. The van der Waals surface area contributed by atoms with Crippen LogP contribution in [0.2, 0.25) is 0 Å². The second-order valence-electron chi connectivity index (χ2n) is 8.64. The third kappa shape index (κ3) is 5.39. The van der Waals surface area contributed by atoms with Gasteiger partial charge >= 0.3 is 24.1 Å². The van der Waals surface area contributed by atoms with Crippen molar-refractivity contribution in [3.05, 3.63) is 76.2 Å². The van der Waals surface area contributed by atoms with Crippen LogP contribution in [-0.4, -0.2) is 39.3 Å². The van der Waals surface area contributed by atoms with Gasteiger partial charge in [0.25, 0.3) is 0 Å². The average Bonchev–Trinajstić information content (AvgIpc) is 3.38. The number of aliphatic hydroxyl groups is 1. The minimum Gasteiger partial charge on any atom is -0.407 e. The molecule has 15 heteroatoms. The molecular weight excluding hydrogens is 543 g/mol. The van der Waals surface area contributed by atoms with Gasteiger partial charge in [-0.3, -0.25) is 18.8 Å². The second kappa shape index (κ2) is 9.87. The molecule has 4 rings (SSSR count). The van der Waals surface area contributed by atoms with Crippen LogP contribution in [0.25, 0.3) is 5.69 Å². The van der Waals surface area contributed by atoms with E-state index in [-0.39, 0.29) is 30.7 Å². The number of hydrogen-bond acceptors (Lipinski definition) is 5. The Hall–Kier alpha value is -4.14. The third-order valence-electron chi connectivity index (χ3n) is 6.15. The molecule has 1 heterocycles. The topological polar surface area (TPSA) is 93.8 Å². The van der Waals surface area contributed by atoms with E-state index in [9.17, 15) is 50.2 Å². The maximum absolute atomic E-state index is 14.0. The van der Waals surface area contributed by atoms with Gasteiger partial charge in [-0.25, -0.2) is 14.0 Å². The lowest BCUT2D eigenvalue weighted by Gasteiger charge is -2.22. The summed E-state index contributed by atoms with van der Waals surface area (Å²) in [6.07, 6.45) is -11.9. The molecule has 1 aliphatic rings. The minimum atomic E-state index is -5.47. The number of halogens is 7. The van der Waals surface area contributed by atoms with Crippen LogP contribution < -0.4 is 15.3 Å². The molecule has 1 N–H and O–H groups in total. The number of alkyl halides is 6. The maximum Gasteiger partial charge on any atom is 0.420 e. The summed E-state index contributed by atoms with van der Waals surface area (Å²) in [6, 6.07) is 2.85. The van der Waals surface area contributed by atoms with E-state index in [0.717, 1.165) is 48.3 Å². The molecule has 2 unspecified atom stereocenters. The molecule has 1 aromatic heterocycles. The number of aliphatic hydroxyl groups excluding tert-OH is 1. The molecule has 2 aromatic carbocycles. The van der Waals surface area contributed by atoms with Gasteiger partial charge in [0.1, 0.15) is 17.5 Å². The summed E-state index contributed by atoms with van der Waals surface area (Å²) in [5, 5.41) is 9.70. The monoisotopic (exact) mass is 561 g/mol. The molecule has 0 saturated heterocycles. The highest BCUT2D eigenvalue weighted by molar-refractivity contribution is 5.89.